The third kappa shape index (κ3) is 10.5. The first-order valence-electron chi connectivity index (χ1n) is 10.7. The van der Waals surface area contributed by atoms with Crippen LogP contribution in [0.1, 0.15) is 98.3 Å². The summed E-state index contributed by atoms with van der Waals surface area (Å²) in [5.41, 5.74) is -2.81. The minimum absolute atomic E-state index is 0.116. The summed E-state index contributed by atoms with van der Waals surface area (Å²) in [7, 11) is -4.86. The maximum atomic E-state index is 12.3. The molecule has 0 aromatic heterocycles. The van der Waals surface area contributed by atoms with Gasteiger partial charge in [0.25, 0.3) is 0 Å². The third-order valence-electron chi connectivity index (χ3n) is 4.90. The number of ether oxygens (including phenoxy) is 1. The van der Waals surface area contributed by atoms with Crippen LogP contribution >= 0.6 is 0 Å². The number of benzene rings is 1. The lowest BCUT2D eigenvalue weighted by molar-refractivity contribution is -0.120. The molecule has 2 N–H and O–H groups in total. The molecule has 0 aliphatic heterocycles. The zero-order valence-corrected chi connectivity index (χ0v) is 18.7. The van der Waals surface area contributed by atoms with E-state index in [0.29, 0.717) is 6.42 Å². The van der Waals surface area contributed by atoms with Gasteiger partial charge in [-0.2, -0.15) is 8.42 Å². The average molecular weight is 457 g/mol. The highest BCUT2D eigenvalue weighted by Gasteiger charge is 2.31. The topological polar surface area (TPSA) is 135 Å². The Morgan fingerprint density at radius 3 is 1.94 bits per heavy atom. The lowest BCUT2D eigenvalue weighted by Gasteiger charge is -2.15. The molecule has 0 amide bonds. The number of unbranched alkanes of at least 4 members (excludes halogenated alkanes) is 8. The Kier molecular flexibility index (Phi) is 12.0. The molecule has 0 bridgehead atoms. The Hall–Kier alpha value is -2.26. The molecule has 31 heavy (non-hydrogen) atoms. The van der Waals surface area contributed by atoms with Crippen LogP contribution in [0.3, 0.4) is 0 Å². The Labute approximate surface area is 183 Å². The molecule has 0 saturated carbocycles. The summed E-state index contributed by atoms with van der Waals surface area (Å²) in [4.78, 5) is 35.6. The van der Waals surface area contributed by atoms with Gasteiger partial charge < -0.3 is 9.84 Å². The van der Waals surface area contributed by atoms with E-state index in [-0.39, 0.29) is 17.5 Å². The number of hydrogen-bond acceptors (Lipinski definition) is 6. The molecule has 9 heteroatoms. The lowest BCUT2D eigenvalue weighted by atomic mass is 10.0. The largest absolute Gasteiger partial charge is 0.478 e. The van der Waals surface area contributed by atoms with Crippen LogP contribution in [-0.2, 0) is 19.6 Å². The maximum absolute atomic E-state index is 12.3. The molecule has 8 nitrogen and oxygen atoms in total. The SMILES string of the molecule is CCCCCCCCCCCC(=O)CC(OC(=O)c1ccccc1C(=O)O)S(=O)(=O)O. The highest BCUT2D eigenvalue weighted by molar-refractivity contribution is 7.86. The predicted molar refractivity (Wildman–Crippen MR) is 116 cm³/mol. The summed E-state index contributed by atoms with van der Waals surface area (Å²) in [5.74, 6) is -3.08. The van der Waals surface area contributed by atoms with Crippen LogP contribution in [0, 0.1) is 0 Å². The van der Waals surface area contributed by atoms with Gasteiger partial charge in [0.2, 0.25) is 5.44 Å². The first-order valence-corrected chi connectivity index (χ1v) is 12.2. The van der Waals surface area contributed by atoms with Crippen molar-refractivity contribution in [2.24, 2.45) is 0 Å². The van der Waals surface area contributed by atoms with Crippen LogP contribution in [0.25, 0.3) is 0 Å². The van der Waals surface area contributed by atoms with E-state index >= 15 is 0 Å². The monoisotopic (exact) mass is 456 g/mol. The summed E-state index contributed by atoms with van der Waals surface area (Å²) in [5, 5.41) is 9.14. The van der Waals surface area contributed by atoms with Gasteiger partial charge in [0.05, 0.1) is 17.5 Å². The van der Waals surface area contributed by atoms with Crippen molar-refractivity contribution in [2.75, 3.05) is 0 Å². The number of ketones is 1. The summed E-state index contributed by atoms with van der Waals surface area (Å²) in [6, 6.07) is 5.11. The van der Waals surface area contributed by atoms with E-state index in [1.165, 1.54) is 37.8 Å². The van der Waals surface area contributed by atoms with E-state index in [9.17, 15) is 27.4 Å². The van der Waals surface area contributed by atoms with Crippen molar-refractivity contribution in [3.8, 4) is 0 Å². The molecule has 0 fully saturated rings. The third-order valence-corrected chi connectivity index (χ3v) is 5.83. The van der Waals surface area contributed by atoms with Crippen LogP contribution in [0.2, 0.25) is 0 Å². The number of hydrogen-bond donors (Lipinski definition) is 2. The highest BCUT2D eigenvalue weighted by atomic mass is 32.2. The number of Topliss-reactive ketones (excluding diaryl/α,β-unsaturated/α-hetero) is 1. The predicted octanol–water partition coefficient (Wildman–Crippen LogP) is 4.64. The normalized spacial score (nSPS) is 12.3. The van der Waals surface area contributed by atoms with Crippen molar-refractivity contribution in [3.63, 3.8) is 0 Å². The van der Waals surface area contributed by atoms with E-state index in [0.717, 1.165) is 37.8 Å². The van der Waals surface area contributed by atoms with Crippen LogP contribution < -0.4 is 0 Å². The van der Waals surface area contributed by atoms with Crippen molar-refractivity contribution in [2.45, 2.75) is 83.0 Å². The van der Waals surface area contributed by atoms with E-state index < -0.39 is 39.7 Å². The molecule has 0 aliphatic rings. The maximum Gasteiger partial charge on any atom is 0.340 e. The molecule has 1 aromatic rings. The number of carboxylic acid groups (broad SMARTS) is 1. The summed E-state index contributed by atoms with van der Waals surface area (Å²) >= 11 is 0. The summed E-state index contributed by atoms with van der Waals surface area (Å²) in [6.07, 6.45) is 8.98. The lowest BCUT2D eigenvalue weighted by Crippen LogP contribution is -2.30. The van der Waals surface area contributed by atoms with Crippen LogP contribution in [0.4, 0.5) is 0 Å². The molecule has 0 radical (unpaired) electrons. The van der Waals surface area contributed by atoms with E-state index in [4.69, 9.17) is 9.84 Å². The van der Waals surface area contributed by atoms with Crippen molar-refractivity contribution in [1.29, 1.82) is 0 Å². The van der Waals surface area contributed by atoms with E-state index in [2.05, 4.69) is 6.92 Å². The van der Waals surface area contributed by atoms with Gasteiger partial charge in [-0.3, -0.25) is 9.35 Å². The first kappa shape index (κ1) is 26.8. The van der Waals surface area contributed by atoms with Crippen molar-refractivity contribution >= 4 is 27.8 Å². The summed E-state index contributed by atoms with van der Waals surface area (Å²) < 4.78 is 37.3. The molecule has 1 aromatic carbocycles. The summed E-state index contributed by atoms with van der Waals surface area (Å²) in [6.45, 7) is 2.17. The van der Waals surface area contributed by atoms with Gasteiger partial charge in [-0.15, -0.1) is 0 Å². The second kappa shape index (κ2) is 13.9. The van der Waals surface area contributed by atoms with E-state index in [1.807, 2.05) is 0 Å². The van der Waals surface area contributed by atoms with Crippen molar-refractivity contribution in [1.82, 2.24) is 0 Å². The quantitative estimate of drug-likeness (QED) is 0.209. The van der Waals surface area contributed by atoms with E-state index in [1.54, 1.807) is 0 Å². The molecule has 0 heterocycles. The highest BCUT2D eigenvalue weighted by Crippen LogP contribution is 2.17. The molecule has 0 saturated heterocycles. The first-order chi connectivity index (χ1) is 14.7. The fourth-order valence-corrected chi connectivity index (χ4v) is 3.76. The molecule has 1 rings (SSSR count). The minimum Gasteiger partial charge on any atom is -0.478 e. The number of rotatable bonds is 16. The minimum atomic E-state index is -4.86. The zero-order valence-electron chi connectivity index (χ0n) is 17.9. The van der Waals surface area contributed by atoms with Gasteiger partial charge in [0, 0.05) is 6.42 Å². The van der Waals surface area contributed by atoms with Gasteiger partial charge in [0.15, 0.2) is 0 Å². The van der Waals surface area contributed by atoms with Gasteiger partial charge >= 0.3 is 22.1 Å². The Morgan fingerprint density at radius 2 is 1.42 bits per heavy atom. The smallest absolute Gasteiger partial charge is 0.340 e. The average Bonchev–Trinajstić information content (AvgIpc) is 2.71. The Morgan fingerprint density at radius 1 is 0.903 bits per heavy atom. The number of carbonyl (C=O) groups excluding carboxylic acids is 2. The van der Waals surface area contributed by atoms with Gasteiger partial charge in [-0.25, -0.2) is 9.59 Å². The second-order valence-electron chi connectivity index (χ2n) is 7.52. The zero-order chi connectivity index (χ0) is 23.3. The van der Waals surface area contributed by atoms with Gasteiger partial charge in [-0.1, -0.05) is 70.4 Å². The molecule has 174 valence electrons. The van der Waals surface area contributed by atoms with Gasteiger partial charge in [0.1, 0.15) is 5.78 Å². The standard InChI is InChI=1S/C22H32O8S/c1-2-3-4-5-6-7-8-9-10-13-17(23)16-20(31(27,28)29)30-22(26)19-15-12-11-14-18(19)21(24)25/h11-12,14-15,20H,2-10,13,16H2,1H3,(H,24,25)(H,27,28,29). The Balaban J connectivity index is 2.52. The molecule has 0 aliphatic carbocycles. The molecule has 0 spiro atoms. The number of esters is 1. The number of carboxylic acids is 1. The van der Waals surface area contributed by atoms with Crippen LogP contribution in [0.5, 0.6) is 0 Å². The fourth-order valence-electron chi connectivity index (χ4n) is 3.16. The van der Waals surface area contributed by atoms with Crippen molar-refractivity contribution < 1.29 is 37.2 Å². The fraction of sp³-hybridized carbons (Fsp3) is 0.591. The van der Waals surface area contributed by atoms with Crippen molar-refractivity contribution in [3.05, 3.63) is 35.4 Å². The number of aromatic carboxylic acids is 1. The molecular weight excluding hydrogens is 424 g/mol. The Bertz CT molecular complexity index is 832. The molecular formula is C22H32O8S. The molecule has 1 atom stereocenters. The van der Waals surface area contributed by atoms with Crippen LogP contribution in [0.15, 0.2) is 24.3 Å². The molecule has 1 unspecified atom stereocenters. The number of carbonyl (C=O) groups is 3. The van der Waals surface area contributed by atoms with Crippen LogP contribution in [-0.4, -0.2) is 41.2 Å². The second-order valence-corrected chi connectivity index (χ2v) is 9.08. The van der Waals surface area contributed by atoms with Gasteiger partial charge in [-0.05, 0) is 18.6 Å².